The Morgan fingerprint density at radius 1 is 1.06 bits per heavy atom. The molecule has 1 atom stereocenters. The lowest BCUT2D eigenvalue weighted by Crippen LogP contribution is -2.31. The molecule has 0 fully saturated rings. The van der Waals surface area contributed by atoms with Crippen LogP contribution in [-0.4, -0.2) is 59.6 Å². The van der Waals surface area contributed by atoms with Crippen LogP contribution in [-0.2, 0) is 14.8 Å². The van der Waals surface area contributed by atoms with Crippen LogP contribution in [0.15, 0.2) is 69.1 Å². The van der Waals surface area contributed by atoms with Gasteiger partial charge >= 0.3 is 0 Å². The van der Waals surface area contributed by atoms with E-state index in [9.17, 15) is 13.2 Å². The van der Waals surface area contributed by atoms with E-state index in [2.05, 4.69) is 10.2 Å². The number of carbonyl (C=O) groups is 1. The smallest absolute Gasteiger partial charge is 0.277 e. The van der Waals surface area contributed by atoms with E-state index in [1.54, 1.807) is 44.0 Å². The van der Waals surface area contributed by atoms with E-state index >= 15 is 0 Å². The van der Waals surface area contributed by atoms with Crippen molar-refractivity contribution in [3.63, 3.8) is 0 Å². The summed E-state index contributed by atoms with van der Waals surface area (Å²) in [5, 5.41) is 8.28. The molecule has 0 spiro atoms. The number of nitrogens with zero attached hydrogens (tertiary/aromatic N) is 4. The Kier molecular flexibility index (Phi) is 8.28. The molecular formula is C23H28N4O4S2. The van der Waals surface area contributed by atoms with Crippen molar-refractivity contribution in [1.29, 1.82) is 0 Å². The highest BCUT2D eigenvalue weighted by atomic mass is 32.2. The van der Waals surface area contributed by atoms with Crippen LogP contribution in [0.4, 0.5) is 0 Å². The molecule has 0 saturated heterocycles. The first-order valence-corrected chi connectivity index (χ1v) is 13.1. The maximum absolute atomic E-state index is 12.8. The number of amides is 1. The van der Waals surface area contributed by atoms with E-state index in [4.69, 9.17) is 4.42 Å². The molecule has 1 unspecified atom stereocenters. The molecule has 0 N–H and O–H groups in total. The lowest BCUT2D eigenvalue weighted by atomic mass is 10.1. The zero-order chi connectivity index (χ0) is 24.0. The van der Waals surface area contributed by atoms with Gasteiger partial charge in [-0.1, -0.05) is 62.0 Å². The van der Waals surface area contributed by atoms with Crippen molar-refractivity contribution < 1.29 is 17.6 Å². The van der Waals surface area contributed by atoms with E-state index < -0.39 is 10.0 Å². The Morgan fingerprint density at radius 2 is 1.76 bits per heavy atom. The van der Waals surface area contributed by atoms with Crippen molar-refractivity contribution in [2.45, 2.75) is 36.9 Å². The predicted octanol–water partition coefficient (Wildman–Crippen LogP) is 4.08. The van der Waals surface area contributed by atoms with Crippen LogP contribution in [0.2, 0.25) is 0 Å². The second-order valence-electron chi connectivity index (χ2n) is 7.37. The molecule has 0 aliphatic heterocycles. The topological polar surface area (TPSA) is 96.6 Å². The van der Waals surface area contributed by atoms with Gasteiger partial charge < -0.3 is 9.32 Å². The average molecular weight is 489 g/mol. The van der Waals surface area contributed by atoms with Gasteiger partial charge in [0.25, 0.3) is 5.22 Å². The average Bonchev–Trinajstić information content (AvgIpc) is 3.32. The Bertz CT molecular complexity index is 1180. The van der Waals surface area contributed by atoms with Crippen LogP contribution in [0.3, 0.4) is 0 Å². The third kappa shape index (κ3) is 5.82. The minimum Gasteiger partial charge on any atom is -0.411 e. The fourth-order valence-electron chi connectivity index (χ4n) is 3.28. The van der Waals surface area contributed by atoms with Crippen LogP contribution in [0.25, 0.3) is 11.5 Å². The zero-order valence-electron chi connectivity index (χ0n) is 19.1. The van der Waals surface area contributed by atoms with E-state index in [0.29, 0.717) is 18.7 Å². The summed E-state index contributed by atoms with van der Waals surface area (Å²) >= 11 is 1.15. The molecule has 8 nitrogen and oxygen atoms in total. The van der Waals surface area contributed by atoms with Crippen molar-refractivity contribution in [1.82, 2.24) is 19.4 Å². The van der Waals surface area contributed by atoms with Crippen LogP contribution >= 0.6 is 11.8 Å². The Hall–Kier alpha value is -2.69. The van der Waals surface area contributed by atoms with Crippen molar-refractivity contribution in [2.24, 2.45) is 0 Å². The van der Waals surface area contributed by atoms with E-state index in [-0.39, 0.29) is 33.7 Å². The number of benzene rings is 2. The highest BCUT2D eigenvalue weighted by Crippen LogP contribution is 2.27. The summed E-state index contributed by atoms with van der Waals surface area (Å²) in [7, 11) is -1.83. The highest BCUT2D eigenvalue weighted by molar-refractivity contribution is 7.99. The Balaban J connectivity index is 1.67. The largest absolute Gasteiger partial charge is 0.411 e. The fraction of sp³-hybridized carbons (Fsp3) is 0.348. The third-order valence-electron chi connectivity index (χ3n) is 5.41. The molecule has 3 aromatic rings. The number of sulfonamides is 1. The fourth-order valence-corrected chi connectivity index (χ4v) is 5.47. The lowest BCUT2D eigenvalue weighted by Gasteiger charge is -2.25. The monoisotopic (exact) mass is 488 g/mol. The molecule has 33 heavy (non-hydrogen) atoms. The summed E-state index contributed by atoms with van der Waals surface area (Å²) in [6, 6.07) is 16.2. The van der Waals surface area contributed by atoms with Gasteiger partial charge in [0.1, 0.15) is 0 Å². The zero-order valence-corrected chi connectivity index (χ0v) is 20.8. The predicted molar refractivity (Wildman–Crippen MR) is 128 cm³/mol. The molecule has 0 radical (unpaired) electrons. The highest BCUT2D eigenvalue weighted by Gasteiger charge is 2.23. The van der Waals surface area contributed by atoms with Crippen LogP contribution < -0.4 is 0 Å². The second kappa shape index (κ2) is 11.0. The van der Waals surface area contributed by atoms with Gasteiger partial charge in [-0.2, -0.15) is 4.31 Å². The SMILES string of the molecule is CCN(CC)S(=O)(=O)c1cccc(-c2nnc(SCC(=O)N(C)C(C)c3ccccc3)o2)c1. The van der Waals surface area contributed by atoms with Gasteiger partial charge in [0.15, 0.2) is 0 Å². The van der Waals surface area contributed by atoms with Crippen molar-refractivity contribution in [3.05, 3.63) is 60.2 Å². The minimum absolute atomic E-state index is 0.0620. The van der Waals surface area contributed by atoms with Crippen LogP contribution in [0, 0.1) is 0 Å². The molecule has 10 heteroatoms. The van der Waals surface area contributed by atoms with E-state index in [1.165, 1.54) is 10.4 Å². The van der Waals surface area contributed by atoms with Gasteiger partial charge in [-0.15, -0.1) is 10.2 Å². The molecule has 0 aliphatic rings. The first-order valence-electron chi connectivity index (χ1n) is 10.6. The van der Waals surface area contributed by atoms with Gasteiger partial charge in [-0.05, 0) is 30.7 Å². The van der Waals surface area contributed by atoms with Crippen molar-refractivity contribution in [3.8, 4) is 11.5 Å². The normalized spacial score (nSPS) is 12.6. The summed E-state index contributed by atoms with van der Waals surface area (Å²) in [6.07, 6.45) is 0. The first-order chi connectivity index (χ1) is 15.8. The van der Waals surface area contributed by atoms with E-state index in [1.807, 2.05) is 37.3 Å². The molecule has 0 aliphatic carbocycles. The molecule has 3 rings (SSSR count). The molecule has 176 valence electrons. The quantitative estimate of drug-likeness (QED) is 0.397. The molecule has 1 amide bonds. The summed E-state index contributed by atoms with van der Waals surface area (Å²) in [5.41, 5.74) is 1.56. The number of hydrogen-bond donors (Lipinski definition) is 0. The van der Waals surface area contributed by atoms with Gasteiger partial charge in [0, 0.05) is 25.7 Å². The number of carbonyl (C=O) groups excluding carboxylic acids is 1. The lowest BCUT2D eigenvalue weighted by molar-refractivity contribution is -0.128. The first kappa shape index (κ1) is 24.9. The van der Waals surface area contributed by atoms with Crippen molar-refractivity contribution in [2.75, 3.05) is 25.9 Å². The minimum atomic E-state index is -3.60. The standard InChI is InChI=1S/C23H28N4O4S2/c1-5-27(6-2)33(29,30)20-14-10-13-19(15-20)22-24-25-23(31-22)32-16-21(28)26(4)17(3)18-11-8-7-9-12-18/h7-15,17H,5-6,16H2,1-4H3. The number of hydrogen-bond acceptors (Lipinski definition) is 7. The summed E-state index contributed by atoms with van der Waals surface area (Å²) < 4.78 is 32.7. The maximum Gasteiger partial charge on any atom is 0.277 e. The van der Waals surface area contributed by atoms with Gasteiger partial charge in [-0.25, -0.2) is 8.42 Å². The second-order valence-corrected chi connectivity index (χ2v) is 10.2. The van der Waals surface area contributed by atoms with Crippen molar-refractivity contribution >= 4 is 27.7 Å². The molecule has 1 heterocycles. The summed E-state index contributed by atoms with van der Waals surface area (Å²) in [4.78, 5) is 14.5. The van der Waals surface area contributed by atoms with Crippen LogP contribution in [0.1, 0.15) is 32.4 Å². The van der Waals surface area contributed by atoms with Crippen LogP contribution in [0.5, 0.6) is 0 Å². The summed E-state index contributed by atoms with van der Waals surface area (Å²) in [5.74, 6) is 0.280. The van der Waals surface area contributed by atoms with E-state index in [0.717, 1.165) is 17.3 Å². The molecule has 2 aromatic carbocycles. The van der Waals surface area contributed by atoms with Gasteiger partial charge in [0.2, 0.25) is 21.8 Å². The molecule has 0 bridgehead atoms. The third-order valence-corrected chi connectivity index (χ3v) is 8.26. The molecular weight excluding hydrogens is 460 g/mol. The summed E-state index contributed by atoms with van der Waals surface area (Å²) in [6.45, 7) is 6.34. The Morgan fingerprint density at radius 3 is 2.42 bits per heavy atom. The van der Waals surface area contributed by atoms with Gasteiger partial charge in [0.05, 0.1) is 16.7 Å². The number of aromatic nitrogens is 2. The molecule has 1 aromatic heterocycles. The maximum atomic E-state index is 12.8. The molecule has 0 saturated carbocycles. The number of rotatable bonds is 10. The van der Waals surface area contributed by atoms with Gasteiger partial charge in [-0.3, -0.25) is 4.79 Å². The number of thioether (sulfide) groups is 1. The Labute approximate surface area is 199 Å².